The number of hydrogen-bond acceptors (Lipinski definition) is 5. The summed E-state index contributed by atoms with van der Waals surface area (Å²) in [7, 11) is 2.50. The van der Waals surface area contributed by atoms with Crippen LogP contribution in [0.25, 0.3) is 0 Å². The number of aldehydes is 1. The molecule has 0 aliphatic heterocycles. The van der Waals surface area contributed by atoms with Gasteiger partial charge in [-0.2, -0.15) is 0 Å². The summed E-state index contributed by atoms with van der Waals surface area (Å²) < 4.78 is 16.6. The van der Waals surface area contributed by atoms with Gasteiger partial charge in [0.25, 0.3) is 0 Å². The van der Waals surface area contributed by atoms with Crippen molar-refractivity contribution in [2.45, 2.75) is 40.0 Å². The first-order valence-corrected chi connectivity index (χ1v) is 10.3. The van der Waals surface area contributed by atoms with Crippen molar-refractivity contribution in [1.29, 1.82) is 0 Å². The van der Waals surface area contributed by atoms with Crippen LogP contribution in [0.2, 0.25) is 0 Å². The molecule has 0 aliphatic rings. The van der Waals surface area contributed by atoms with Crippen molar-refractivity contribution in [2.24, 2.45) is 5.73 Å². The molecule has 0 radical (unpaired) electrons. The number of halogens is 1. The molecule has 0 bridgehead atoms. The van der Waals surface area contributed by atoms with Crippen molar-refractivity contribution in [3.63, 3.8) is 0 Å². The summed E-state index contributed by atoms with van der Waals surface area (Å²) in [6, 6.07) is 4.68. The molecule has 28 heavy (non-hydrogen) atoms. The van der Waals surface area contributed by atoms with Gasteiger partial charge >= 0.3 is 0 Å². The molecule has 0 spiro atoms. The normalized spacial score (nSPS) is 9.50. The molecule has 0 fully saturated rings. The Morgan fingerprint density at radius 3 is 2.18 bits per heavy atom. The second-order valence-electron chi connectivity index (χ2n) is 4.54. The summed E-state index contributed by atoms with van der Waals surface area (Å²) in [6.45, 7) is 15.6. The number of aliphatic hydroxyl groups is 1. The van der Waals surface area contributed by atoms with Crippen molar-refractivity contribution in [3.8, 4) is 0 Å². The smallest absolute Gasteiger partial charge is 0.147 e. The molecule has 0 aliphatic carbocycles. The highest BCUT2D eigenvalue weighted by Gasteiger charge is 2.14. The van der Waals surface area contributed by atoms with E-state index >= 15 is 0 Å². The van der Waals surface area contributed by atoms with Crippen molar-refractivity contribution in [3.05, 3.63) is 66.5 Å². The summed E-state index contributed by atoms with van der Waals surface area (Å²) in [4.78, 5) is 11.2. The Labute approximate surface area is 175 Å². The van der Waals surface area contributed by atoms with E-state index in [9.17, 15) is 9.18 Å². The number of rotatable bonds is 7. The topological polar surface area (TPSA) is 75.4 Å². The van der Waals surface area contributed by atoms with Crippen LogP contribution in [0.1, 0.15) is 45.6 Å². The minimum absolute atomic E-state index is 0.390. The van der Waals surface area contributed by atoms with Crippen LogP contribution < -0.4 is 10.5 Å². The number of aliphatic hydroxyl groups excluding tert-OH is 1. The zero-order chi connectivity index (χ0) is 23.0. The van der Waals surface area contributed by atoms with Crippen LogP contribution in [0.4, 0.5) is 10.1 Å². The Balaban J connectivity index is -0.000000277. The number of hydrogen-bond donors (Lipinski definition) is 3. The lowest BCUT2D eigenvalue weighted by Crippen LogP contribution is -2.03. The number of benzene rings is 1. The second-order valence-corrected chi connectivity index (χ2v) is 5.15. The Bertz CT molecular complexity index is 535. The first-order valence-electron chi connectivity index (χ1n) is 9.09. The number of anilines is 1. The van der Waals surface area contributed by atoms with Gasteiger partial charge in [0.15, 0.2) is 0 Å². The van der Waals surface area contributed by atoms with Crippen molar-refractivity contribution >= 4 is 23.9 Å². The summed E-state index contributed by atoms with van der Waals surface area (Å²) in [5.41, 5.74) is 6.07. The fourth-order valence-electron chi connectivity index (χ4n) is 1.59. The molecule has 0 aromatic heterocycles. The predicted octanol–water partition coefficient (Wildman–Crippen LogP) is 5.72. The van der Waals surface area contributed by atoms with Crippen molar-refractivity contribution in [2.75, 3.05) is 25.1 Å². The lowest BCUT2D eigenvalue weighted by molar-refractivity contribution is -0.108. The monoisotopic (exact) mass is 414 g/mol. The standard InChI is InChI=1S/C15H16FNOS.C3H8.C2H6.CH5N.CH4O/c1-4-5-6-11(2)13(10-18)12-7-8-15(17-19-3)14(16)9-12;1-3-2;3*1-2/h4-10,13,17H,1-2H2,3H3;3H2,1-2H3;1-2H3;2H2,1H3;2H,1H3/b6-5-;;;;. The maximum atomic E-state index is 13.8. The molecule has 1 rings (SSSR count). The predicted molar refractivity (Wildman–Crippen MR) is 126 cm³/mol. The van der Waals surface area contributed by atoms with Gasteiger partial charge in [-0.05, 0) is 30.3 Å². The Morgan fingerprint density at radius 1 is 1.32 bits per heavy atom. The third-order valence-corrected chi connectivity index (χ3v) is 2.97. The van der Waals surface area contributed by atoms with E-state index in [-0.39, 0.29) is 5.82 Å². The summed E-state index contributed by atoms with van der Waals surface area (Å²) in [5, 5.41) is 7.00. The van der Waals surface area contributed by atoms with Gasteiger partial charge in [0, 0.05) is 13.4 Å². The third kappa shape index (κ3) is 16.3. The summed E-state index contributed by atoms with van der Waals surface area (Å²) in [5.74, 6) is -0.937. The number of nitrogens with two attached hydrogens (primary N) is 1. The zero-order valence-corrected chi connectivity index (χ0v) is 19.3. The number of carbonyl (C=O) groups is 1. The van der Waals surface area contributed by atoms with E-state index in [1.165, 1.54) is 31.5 Å². The first kappa shape index (κ1) is 33.7. The van der Waals surface area contributed by atoms with E-state index in [2.05, 4.69) is 37.5 Å². The molecule has 0 amide bonds. The highest BCUT2D eigenvalue weighted by Crippen LogP contribution is 2.26. The lowest BCUT2D eigenvalue weighted by atomic mass is 9.93. The van der Waals surface area contributed by atoms with Crippen LogP contribution >= 0.6 is 11.9 Å². The van der Waals surface area contributed by atoms with Gasteiger partial charge in [0.1, 0.15) is 12.1 Å². The van der Waals surface area contributed by atoms with E-state index < -0.39 is 5.92 Å². The minimum Gasteiger partial charge on any atom is -0.400 e. The molecule has 1 unspecified atom stereocenters. The maximum absolute atomic E-state index is 13.8. The Hall–Kier alpha value is -1.89. The van der Waals surface area contributed by atoms with Gasteiger partial charge in [-0.3, -0.25) is 0 Å². The fourth-order valence-corrected chi connectivity index (χ4v) is 1.98. The van der Waals surface area contributed by atoms with Gasteiger partial charge < -0.3 is 20.4 Å². The van der Waals surface area contributed by atoms with E-state index in [0.29, 0.717) is 16.8 Å². The fraction of sp³-hybridized carbons (Fsp3) is 0.409. The molecule has 0 saturated carbocycles. The van der Waals surface area contributed by atoms with E-state index in [0.717, 1.165) is 13.4 Å². The molecule has 4 nitrogen and oxygen atoms in total. The zero-order valence-electron chi connectivity index (χ0n) is 18.5. The largest absolute Gasteiger partial charge is 0.400 e. The molecule has 1 aromatic carbocycles. The van der Waals surface area contributed by atoms with Crippen LogP contribution in [-0.4, -0.2) is 31.8 Å². The van der Waals surface area contributed by atoms with Gasteiger partial charge in [0.2, 0.25) is 0 Å². The lowest BCUT2D eigenvalue weighted by Gasteiger charge is -2.12. The molecule has 6 heteroatoms. The molecule has 4 N–H and O–H groups in total. The van der Waals surface area contributed by atoms with E-state index in [1.807, 2.05) is 20.1 Å². The second kappa shape index (κ2) is 27.3. The van der Waals surface area contributed by atoms with Crippen LogP contribution in [0.5, 0.6) is 0 Å². The van der Waals surface area contributed by atoms with Crippen LogP contribution in [0.15, 0.2) is 55.2 Å². The van der Waals surface area contributed by atoms with Crippen molar-refractivity contribution in [1.82, 2.24) is 0 Å². The quantitative estimate of drug-likeness (QED) is 0.302. The molecule has 1 atom stereocenters. The first-order chi connectivity index (χ1) is 13.5. The van der Waals surface area contributed by atoms with Crippen molar-refractivity contribution < 1.29 is 14.3 Å². The van der Waals surface area contributed by atoms with Gasteiger partial charge in [-0.15, -0.1) is 0 Å². The molecule has 0 saturated heterocycles. The Kier molecular flexibility index (Phi) is 32.9. The maximum Gasteiger partial charge on any atom is 0.147 e. The molecule has 1 aromatic rings. The van der Waals surface area contributed by atoms with Crippen LogP contribution in [0, 0.1) is 5.82 Å². The van der Waals surface area contributed by atoms with Gasteiger partial charge in [-0.25, -0.2) is 4.39 Å². The van der Waals surface area contributed by atoms with E-state index in [4.69, 9.17) is 5.11 Å². The van der Waals surface area contributed by atoms with Gasteiger partial charge in [-0.1, -0.05) is 83.5 Å². The highest BCUT2D eigenvalue weighted by atomic mass is 32.2. The molecular formula is C22H39FN2O2S. The van der Waals surface area contributed by atoms with Crippen LogP contribution in [-0.2, 0) is 4.79 Å². The third-order valence-electron chi connectivity index (χ3n) is 2.55. The molecular weight excluding hydrogens is 375 g/mol. The number of carbonyl (C=O) groups excluding carboxylic acids is 1. The molecule has 0 heterocycles. The Morgan fingerprint density at radius 2 is 1.82 bits per heavy atom. The number of allylic oxidation sites excluding steroid dienone is 4. The van der Waals surface area contributed by atoms with E-state index in [1.54, 1.807) is 30.4 Å². The highest BCUT2D eigenvalue weighted by molar-refractivity contribution is 7.99. The summed E-state index contributed by atoms with van der Waals surface area (Å²) >= 11 is 1.31. The SMILES string of the molecule is C=C/C=C\C(=C)C(C=O)c1ccc(NSC)c(F)c1.CC.CCC.CN.CO. The van der Waals surface area contributed by atoms with Crippen LogP contribution in [0.3, 0.4) is 0 Å². The number of nitrogens with one attached hydrogen (secondary N) is 1. The molecule has 162 valence electrons. The minimum atomic E-state index is -0.547. The average Bonchev–Trinajstić information content (AvgIpc) is 2.74. The average molecular weight is 415 g/mol. The summed E-state index contributed by atoms with van der Waals surface area (Å²) in [6.07, 6.45) is 8.80. The van der Waals surface area contributed by atoms with Gasteiger partial charge in [0.05, 0.1) is 11.6 Å².